The number of benzene rings is 1. The molecule has 0 spiro atoms. The summed E-state index contributed by atoms with van der Waals surface area (Å²) in [5.41, 5.74) is 3.20. The van der Waals surface area contributed by atoms with Crippen LogP contribution in [-0.2, 0) is 16.0 Å². The van der Waals surface area contributed by atoms with Crippen LogP contribution in [0.25, 0.3) is 11.3 Å². The van der Waals surface area contributed by atoms with Crippen LogP contribution < -0.4 is 5.32 Å². The summed E-state index contributed by atoms with van der Waals surface area (Å²) >= 11 is 1.43. The highest BCUT2D eigenvalue weighted by Crippen LogP contribution is 2.48. The van der Waals surface area contributed by atoms with E-state index in [0.29, 0.717) is 5.13 Å². The van der Waals surface area contributed by atoms with Crippen LogP contribution in [0.5, 0.6) is 0 Å². The van der Waals surface area contributed by atoms with Crippen molar-refractivity contribution in [3.8, 4) is 11.3 Å². The number of nitrogens with zero attached hydrogens (tertiary/aromatic N) is 1. The zero-order chi connectivity index (χ0) is 19.8. The Morgan fingerprint density at radius 1 is 1.18 bits per heavy atom. The number of carbonyl (C=O) groups excluding carboxylic acids is 1. The molecule has 6 heteroatoms. The Bertz CT molecular complexity index is 932. The fraction of sp³-hybridized carbons (Fsp3) is 0.409. The van der Waals surface area contributed by atoms with Crippen LogP contribution in [0.1, 0.15) is 30.2 Å². The fourth-order valence-electron chi connectivity index (χ4n) is 4.54. The van der Waals surface area contributed by atoms with E-state index in [9.17, 15) is 14.7 Å². The third-order valence-corrected chi connectivity index (χ3v) is 6.73. The molecule has 4 atom stereocenters. The Labute approximate surface area is 168 Å². The van der Waals surface area contributed by atoms with Gasteiger partial charge in [-0.25, -0.2) is 4.98 Å². The highest BCUT2D eigenvalue weighted by atomic mass is 32.1. The van der Waals surface area contributed by atoms with Crippen LogP contribution in [0.3, 0.4) is 0 Å². The standard InChI is InChI=1S/C22H24N2O3S/c1-3-4-13-5-7-14(8-6-13)19-12(2)28-22(23-19)24-20(25)17-15-9-10-16(11-15)18(17)21(26)27/h5-10,15-18H,3-4,11H2,1-2H3,(H,26,27)(H,23,24,25)/t15-,16+,17+,18+/m1/s1. The molecule has 1 saturated carbocycles. The highest BCUT2D eigenvalue weighted by Gasteiger charge is 2.51. The van der Waals surface area contributed by atoms with Crippen molar-refractivity contribution in [2.45, 2.75) is 33.1 Å². The molecule has 5 nitrogen and oxygen atoms in total. The molecular weight excluding hydrogens is 372 g/mol. The minimum Gasteiger partial charge on any atom is -0.481 e. The summed E-state index contributed by atoms with van der Waals surface area (Å²) in [4.78, 5) is 30.1. The van der Waals surface area contributed by atoms with E-state index in [1.807, 2.05) is 19.1 Å². The van der Waals surface area contributed by atoms with Crippen molar-refractivity contribution >= 4 is 28.3 Å². The predicted octanol–water partition coefficient (Wildman–Crippen LogP) is 4.53. The number of hydrogen-bond acceptors (Lipinski definition) is 4. The number of allylic oxidation sites excluding steroid dienone is 2. The fourth-order valence-corrected chi connectivity index (χ4v) is 5.38. The molecule has 2 aliphatic carbocycles. The molecule has 0 unspecified atom stereocenters. The summed E-state index contributed by atoms with van der Waals surface area (Å²) in [6.07, 6.45) is 6.86. The SMILES string of the molecule is CCCc1ccc(-c2nc(NC(=O)[C@@H]3[C@@H](C(=O)O)[C@H]4C=C[C@@H]3C4)sc2C)cc1. The number of hydrogen-bond donors (Lipinski definition) is 2. The maximum atomic E-state index is 12.9. The Morgan fingerprint density at radius 2 is 1.86 bits per heavy atom. The first-order valence-electron chi connectivity index (χ1n) is 9.76. The van der Waals surface area contributed by atoms with E-state index < -0.39 is 17.8 Å². The summed E-state index contributed by atoms with van der Waals surface area (Å²) in [5.74, 6) is -2.30. The molecule has 1 heterocycles. The molecule has 1 amide bonds. The number of aliphatic carboxylic acids is 1. The number of anilines is 1. The van der Waals surface area contributed by atoms with Crippen molar-refractivity contribution in [1.82, 2.24) is 4.98 Å². The first-order valence-corrected chi connectivity index (χ1v) is 10.6. The average Bonchev–Trinajstić information content (AvgIpc) is 3.37. The van der Waals surface area contributed by atoms with Crippen molar-refractivity contribution < 1.29 is 14.7 Å². The molecule has 2 N–H and O–H groups in total. The lowest BCUT2D eigenvalue weighted by Gasteiger charge is -2.23. The summed E-state index contributed by atoms with van der Waals surface area (Å²) in [6.45, 7) is 4.15. The summed E-state index contributed by atoms with van der Waals surface area (Å²) in [6, 6.07) is 8.38. The molecule has 0 saturated heterocycles. The number of carbonyl (C=O) groups is 2. The maximum Gasteiger partial charge on any atom is 0.307 e. The van der Waals surface area contributed by atoms with Crippen LogP contribution in [0.2, 0.25) is 0 Å². The van der Waals surface area contributed by atoms with Crippen molar-refractivity contribution in [2.24, 2.45) is 23.7 Å². The van der Waals surface area contributed by atoms with E-state index in [4.69, 9.17) is 0 Å². The van der Waals surface area contributed by atoms with Gasteiger partial charge in [0.1, 0.15) is 0 Å². The molecule has 2 aliphatic rings. The second-order valence-electron chi connectivity index (χ2n) is 7.70. The normalized spacial score (nSPS) is 25.2. The molecule has 1 aromatic heterocycles. The van der Waals surface area contributed by atoms with Gasteiger partial charge < -0.3 is 10.4 Å². The largest absolute Gasteiger partial charge is 0.481 e. The second kappa shape index (κ2) is 7.51. The van der Waals surface area contributed by atoms with Crippen LogP contribution in [-0.4, -0.2) is 22.0 Å². The van der Waals surface area contributed by atoms with Crippen molar-refractivity contribution in [1.29, 1.82) is 0 Å². The Morgan fingerprint density at radius 3 is 2.50 bits per heavy atom. The number of aryl methyl sites for hydroxylation is 2. The molecule has 146 valence electrons. The topological polar surface area (TPSA) is 79.3 Å². The lowest BCUT2D eigenvalue weighted by Crippen LogP contribution is -2.36. The minimum absolute atomic E-state index is 0.0118. The Hall–Kier alpha value is -2.47. The Kier molecular flexibility index (Phi) is 5.06. The quantitative estimate of drug-likeness (QED) is 0.703. The van der Waals surface area contributed by atoms with E-state index >= 15 is 0 Å². The second-order valence-corrected chi connectivity index (χ2v) is 8.90. The van der Waals surface area contributed by atoms with Crippen LogP contribution in [0.4, 0.5) is 5.13 Å². The van der Waals surface area contributed by atoms with Gasteiger partial charge in [-0.2, -0.15) is 0 Å². The summed E-state index contributed by atoms with van der Waals surface area (Å²) in [7, 11) is 0. The van der Waals surface area contributed by atoms with Gasteiger partial charge in [0.25, 0.3) is 0 Å². The van der Waals surface area contributed by atoms with Crippen LogP contribution >= 0.6 is 11.3 Å². The van der Waals surface area contributed by atoms with E-state index in [-0.39, 0.29) is 17.7 Å². The van der Waals surface area contributed by atoms with E-state index in [1.54, 1.807) is 0 Å². The molecule has 0 aliphatic heterocycles. The third-order valence-electron chi connectivity index (χ3n) is 5.84. The third kappa shape index (κ3) is 3.37. The smallest absolute Gasteiger partial charge is 0.307 e. The molecule has 2 aromatic rings. The van der Waals surface area contributed by atoms with E-state index in [2.05, 4.69) is 41.5 Å². The van der Waals surface area contributed by atoms with Gasteiger partial charge in [0.2, 0.25) is 5.91 Å². The molecule has 1 aromatic carbocycles. The number of nitrogens with one attached hydrogen (secondary N) is 1. The van der Waals surface area contributed by atoms with Gasteiger partial charge in [-0.1, -0.05) is 49.8 Å². The van der Waals surface area contributed by atoms with E-state index in [0.717, 1.165) is 35.4 Å². The number of rotatable bonds is 6. The summed E-state index contributed by atoms with van der Waals surface area (Å²) in [5, 5.41) is 13.0. The van der Waals surface area contributed by atoms with Gasteiger partial charge in [-0.3, -0.25) is 9.59 Å². The van der Waals surface area contributed by atoms with Crippen molar-refractivity contribution in [3.63, 3.8) is 0 Å². The van der Waals surface area contributed by atoms with Crippen molar-refractivity contribution in [3.05, 3.63) is 46.9 Å². The number of aromatic nitrogens is 1. The first kappa shape index (κ1) is 18.9. The highest BCUT2D eigenvalue weighted by molar-refractivity contribution is 7.16. The number of fused-ring (bicyclic) bond motifs is 2. The summed E-state index contributed by atoms with van der Waals surface area (Å²) < 4.78 is 0. The van der Waals surface area contributed by atoms with Gasteiger partial charge in [-0.15, -0.1) is 11.3 Å². The first-order chi connectivity index (χ1) is 13.5. The molecule has 4 rings (SSSR count). The lowest BCUT2D eigenvalue weighted by atomic mass is 9.82. The van der Waals surface area contributed by atoms with Crippen LogP contribution in [0, 0.1) is 30.6 Å². The number of thiazole rings is 1. The molecular formula is C22H24N2O3S. The van der Waals surface area contributed by atoms with Gasteiger partial charge in [-0.05, 0) is 37.2 Å². The van der Waals surface area contributed by atoms with Gasteiger partial charge in [0, 0.05) is 10.4 Å². The van der Waals surface area contributed by atoms with Gasteiger partial charge >= 0.3 is 5.97 Å². The number of carboxylic acid groups (broad SMARTS) is 1. The van der Waals surface area contributed by atoms with Crippen molar-refractivity contribution in [2.75, 3.05) is 5.32 Å². The zero-order valence-corrected chi connectivity index (χ0v) is 16.8. The lowest BCUT2D eigenvalue weighted by molar-refractivity contribution is -0.146. The zero-order valence-electron chi connectivity index (χ0n) is 16.0. The maximum absolute atomic E-state index is 12.9. The van der Waals surface area contributed by atoms with Gasteiger partial charge in [0.05, 0.1) is 17.5 Å². The van der Waals surface area contributed by atoms with E-state index in [1.165, 1.54) is 16.9 Å². The van der Waals surface area contributed by atoms with Gasteiger partial charge in [0.15, 0.2) is 5.13 Å². The Balaban J connectivity index is 1.52. The number of carboxylic acids is 1. The molecule has 28 heavy (non-hydrogen) atoms. The number of amides is 1. The molecule has 2 bridgehead atoms. The van der Waals surface area contributed by atoms with Crippen LogP contribution in [0.15, 0.2) is 36.4 Å². The average molecular weight is 397 g/mol. The predicted molar refractivity (Wildman–Crippen MR) is 110 cm³/mol. The minimum atomic E-state index is -0.889. The molecule has 1 fully saturated rings. The monoisotopic (exact) mass is 396 g/mol. The molecule has 0 radical (unpaired) electrons.